The van der Waals surface area contributed by atoms with Gasteiger partial charge >= 0.3 is 0 Å². The number of hydrogen-bond donors (Lipinski definition) is 1. The molecule has 0 aromatic heterocycles. The van der Waals surface area contributed by atoms with Gasteiger partial charge in [-0.25, -0.2) is 0 Å². The van der Waals surface area contributed by atoms with Gasteiger partial charge in [0.05, 0.1) is 12.7 Å². The number of anilines is 1. The van der Waals surface area contributed by atoms with Crippen LogP contribution in [0.5, 0.6) is 0 Å². The molecule has 2 aliphatic rings. The summed E-state index contributed by atoms with van der Waals surface area (Å²) in [5.74, 6) is 0.380. The fourth-order valence-corrected chi connectivity index (χ4v) is 3.75. The molecule has 1 amide bonds. The van der Waals surface area contributed by atoms with Crippen molar-refractivity contribution in [1.82, 2.24) is 4.90 Å². The molecule has 1 aromatic rings. The molecule has 24 heavy (non-hydrogen) atoms. The highest BCUT2D eigenvalue weighted by molar-refractivity contribution is 5.97. The van der Waals surface area contributed by atoms with Crippen LogP contribution in [-0.4, -0.2) is 61.4 Å². The molecule has 3 rings (SSSR count). The summed E-state index contributed by atoms with van der Waals surface area (Å²) in [4.78, 5) is 17.1. The zero-order valence-corrected chi connectivity index (χ0v) is 14.5. The van der Waals surface area contributed by atoms with Crippen molar-refractivity contribution in [3.63, 3.8) is 0 Å². The molecule has 5 heteroatoms. The molecular weight excluding hydrogens is 304 g/mol. The van der Waals surface area contributed by atoms with E-state index in [0.29, 0.717) is 19.8 Å². The molecule has 0 saturated carbocycles. The van der Waals surface area contributed by atoms with Gasteiger partial charge in [-0.3, -0.25) is 4.79 Å². The normalized spacial score (nSPS) is 20.2. The maximum atomic E-state index is 12.9. The van der Waals surface area contributed by atoms with Crippen LogP contribution in [0, 0.1) is 5.92 Å². The Labute approximate surface area is 144 Å². The first kappa shape index (κ1) is 17.4. The summed E-state index contributed by atoms with van der Waals surface area (Å²) in [6.45, 7) is 6.13. The first-order chi connectivity index (χ1) is 11.7. The Morgan fingerprint density at radius 2 is 2.04 bits per heavy atom. The molecule has 0 aliphatic carbocycles. The maximum Gasteiger partial charge on any atom is 0.230 e. The van der Waals surface area contributed by atoms with E-state index in [4.69, 9.17) is 4.74 Å². The van der Waals surface area contributed by atoms with Gasteiger partial charge in [0, 0.05) is 31.3 Å². The number of amides is 1. The highest BCUT2D eigenvalue weighted by atomic mass is 16.5. The maximum absolute atomic E-state index is 12.9. The number of hydrogen-bond acceptors (Lipinski definition) is 4. The fourth-order valence-electron chi connectivity index (χ4n) is 3.75. The molecule has 0 bridgehead atoms. The van der Waals surface area contributed by atoms with Gasteiger partial charge in [0.1, 0.15) is 0 Å². The van der Waals surface area contributed by atoms with Crippen LogP contribution in [0.25, 0.3) is 0 Å². The highest BCUT2D eigenvalue weighted by Crippen LogP contribution is 2.30. The second kappa shape index (κ2) is 8.10. The molecule has 1 aromatic carbocycles. The molecule has 0 spiro atoms. The standard InChI is InChI=1S/C19H28N2O3/c1-2-24-14-17(22)13-20-10-7-16(8-11-20)19(23)21-12-9-15-5-3-4-6-18(15)21/h3-6,16-17,22H,2,7-14H2,1H3. The third-order valence-corrected chi connectivity index (χ3v) is 5.07. The number of para-hydroxylation sites is 1. The van der Waals surface area contributed by atoms with E-state index in [0.717, 1.165) is 44.6 Å². The third-order valence-electron chi connectivity index (χ3n) is 5.07. The summed E-state index contributed by atoms with van der Waals surface area (Å²) >= 11 is 0. The monoisotopic (exact) mass is 332 g/mol. The summed E-state index contributed by atoms with van der Waals surface area (Å²) in [7, 11) is 0. The van der Waals surface area contributed by atoms with E-state index >= 15 is 0 Å². The number of piperidine rings is 1. The van der Waals surface area contributed by atoms with E-state index in [1.807, 2.05) is 24.0 Å². The second-order valence-corrected chi connectivity index (χ2v) is 6.76. The molecule has 132 valence electrons. The topological polar surface area (TPSA) is 53.0 Å². The number of fused-ring (bicyclic) bond motifs is 1. The summed E-state index contributed by atoms with van der Waals surface area (Å²) in [6, 6.07) is 8.22. The lowest BCUT2D eigenvalue weighted by atomic mass is 9.95. The van der Waals surface area contributed by atoms with Gasteiger partial charge in [-0.15, -0.1) is 0 Å². The van der Waals surface area contributed by atoms with Gasteiger partial charge in [0.15, 0.2) is 0 Å². The van der Waals surface area contributed by atoms with Gasteiger partial charge in [-0.2, -0.15) is 0 Å². The van der Waals surface area contributed by atoms with Gasteiger partial charge in [-0.1, -0.05) is 18.2 Å². The minimum atomic E-state index is -0.442. The van der Waals surface area contributed by atoms with E-state index < -0.39 is 6.10 Å². The summed E-state index contributed by atoms with van der Waals surface area (Å²) in [6.07, 6.45) is 2.27. The van der Waals surface area contributed by atoms with E-state index in [2.05, 4.69) is 17.0 Å². The van der Waals surface area contributed by atoms with Gasteiger partial charge in [-0.05, 0) is 50.9 Å². The predicted octanol–water partition coefficient (Wildman–Crippen LogP) is 1.69. The molecule has 1 unspecified atom stereocenters. The number of benzene rings is 1. The molecule has 2 heterocycles. The lowest BCUT2D eigenvalue weighted by Gasteiger charge is -2.34. The quantitative estimate of drug-likeness (QED) is 0.861. The highest BCUT2D eigenvalue weighted by Gasteiger charge is 2.32. The van der Waals surface area contributed by atoms with Crippen molar-refractivity contribution in [2.24, 2.45) is 5.92 Å². The number of rotatable bonds is 6. The Morgan fingerprint density at radius 3 is 2.79 bits per heavy atom. The van der Waals surface area contributed by atoms with Crippen molar-refractivity contribution >= 4 is 11.6 Å². The zero-order valence-electron chi connectivity index (χ0n) is 14.5. The van der Waals surface area contributed by atoms with Crippen LogP contribution >= 0.6 is 0 Å². The Morgan fingerprint density at radius 1 is 1.29 bits per heavy atom. The minimum absolute atomic E-state index is 0.108. The fraction of sp³-hybridized carbons (Fsp3) is 0.632. The average Bonchev–Trinajstić information content (AvgIpc) is 3.04. The van der Waals surface area contributed by atoms with Crippen LogP contribution in [0.4, 0.5) is 5.69 Å². The van der Waals surface area contributed by atoms with E-state index in [9.17, 15) is 9.90 Å². The van der Waals surface area contributed by atoms with E-state index in [1.165, 1.54) is 5.56 Å². The van der Waals surface area contributed by atoms with Crippen LogP contribution in [0.2, 0.25) is 0 Å². The number of carbonyl (C=O) groups is 1. The number of likely N-dealkylation sites (tertiary alicyclic amines) is 1. The van der Waals surface area contributed by atoms with Crippen LogP contribution in [0.15, 0.2) is 24.3 Å². The SMILES string of the molecule is CCOCC(O)CN1CCC(C(=O)N2CCc3ccccc32)CC1. The van der Waals surface area contributed by atoms with Gasteiger partial charge < -0.3 is 19.6 Å². The van der Waals surface area contributed by atoms with Crippen LogP contribution < -0.4 is 4.90 Å². The number of nitrogens with zero attached hydrogens (tertiary/aromatic N) is 2. The third kappa shape index (κ3) is 3.97. The minimum Gasteiger partial charge on any atom is -0.389 e. The van der Waals surface area contributed by atoms with Crippen LogP contribution in [0.1, 0.15) is 25.3 Å². The Hall–Kier alpha value is -1.43. The van der Waals surface area contributed by atoms with Gasteiger partial charge in [0.2, 0.25) is 5.91 Å². The van der Waals surface area contributed by atoms with E-state index in [-0.39, 0.29) is 11.8 Å². The zero-order chi connectivity index (χ0) is 16.9. The Balaban J connectivity index is 1.49. The van der Waals surface area contributed by atoms with Crippen LogP contribution in [-0.2, 0) is 16.0 Å². The molecule has 1 atom stereocenters. The number of aliphatic hydroxyl groups is 1. The summed E-state index contributed by atoms with van der Waals surface area (Å²) in [5, 5.41) is 9.95. The second-order valence-electron chi connectivity index (χ2n) is 6.76. The van der Waals surface area contributed by atoms with Crippen molar-refractivity contribution in [1.29, 1.82) is 0 Å². The number of ether oxygens (including phenoxy) is 1. The number of aliphatic hydroxyl groups excluding tert-OH is 1. The first-order valence-corrected chi connectivity index (χ1v) is 9.06. The van der Waals surface area contributed by atoms with Gasteiger partial charge in [0.25, 0.3) is 0 Å². The largest absolute Gasteiger partial charge is 0.389 e. The molecule has 0 radical (unpaired) electrons. The summed E-state index contributed by atoms with van der Waals surface area (Å²) < 4.78 is 5.26. The molecule has 1 saturated heterocycles. The molecular formula is C19H28N2O3. The van der Waals surface area contributed by atoms with Crippen molar-refractivity contribution in [3.05, 3.63) is 29.8 Å². The molecule has 1 fully saturated rings. The van der Waals surface area contributed by atoms with Crippen molar-refractivity contribution in [3.8, 4) is 0 Å². The Bertz CT molecular complexity index is 555. The number of β-amino-alcohol motifs (C(OH)–C–C–N with tert-alkyl or cyclic N) is 1. The first-order valence-electron chi connectivity index (χ1n) is 9.06. The Kier molecular flexibility index (Phi) is 5.87. The van der Waals surface area contributed by atoms with Crippen molar-refractivity contribution in [2.75, 3.05) is 44.3 Å². The summed E-state index contributed by atoms with van der Waals surface area (Å²) in [5.41, 5.74) is 2.37. The predicted molar refractivity (Wildman–Crippen MR) is 94.2 cm³/mol. The smallest absolute Gasteiger partial charge is 0.230 e. The number of carbonyl (C=O) groups excluding carboxylic acids is 1. The van der Waals surface area contributed by atoms with Crippen molar-refractivity contribution in [2.45, 2.75) is 32.3 Å². The van der Waals surface area contributed by atoms with E-state index in [1.54, 1.807) is 0 Å². The molecule has 1 N–H and O–H groups in total. The average molecular weight is 332 g/mol. The molecule has 5 nitrogen and oxygen atoms in total. The lowest BCUT2D eigenvalue weighted by Crippen LogP contribution is -2.44. The molecule has 2 aliphatic heterocycles. The van der Waals surface area contributed by atoms with Crippen LogP contribution in [0.3, 0.4) is 0 Å². The lowest BCUT2D eigenvalue weighted by molar-refractivity contribution is -0.123. The van der Waals surface area contributed by atoms with Crippen molar-refractivity contribution < 1.29 is 14.6 Å².